The van der Waals surface area contributed by atoms with Gasteiger partial charge in [-0.2, -0.15) is 0 Å². The Morgan fingerprint density at radius 2 is 1.86 bits per heavy atom. The summed E-state index contributed by atoms with van der Waals surface area (Å²) in [7, 11) is -3.51. The number of nitrogens with one attached hydrogen (secondary N) is 2. The first-order valence-electron chi connectivity index (χ1n) is 8.74. The van der Waals surface area contributed by atoms with Crippen LogP contribution in [0.1, 0.15) is 17.0 Å². The minimum absolute atomic E-state index is 0.226. The number of benzene rings is 1. The fourth-order valence-electron chi connectivity index (χ4n) is 2.47. The van der Waals surface area contributed by atoms with Crippen molar-refractivity contribution in [2.24, 2.45) is 0 Å². The van der Waals surface area contributed by atoms with Gasteiger partial charge >= 0.3 is 0 Å². The third-order valence-corrected chi connectivity index (χ3v) is 5.08. The summed E-state index contributed by atoms with van der Waals surface area (Å²) in [5.41, 5.74) is 1.96. The number of aromatic nitrogens is 4. The van der Waals surface area contributed by atoms with Crippen LogP contribution >= 0.6 is 0 Å². The molecular weight excluding hydrogens is 376 g/mol. The molecule has 0 bridgehead atoms. The number of sulfonamides is 1. The minimum Gasteiger partial charge on any atom is -0.369 e. The highest BCUT2D eigenvalue weighted by Crippen LogP contribution is 2.10. The molecule has 2 N–H and O–H groups in total. The van der Waals surface area contributed by atoms with Gasteiger partial charge in [0.1, 0.15) is 23.8 Å². The van der Waals surface area contributed by atoms with Gasteiger partial charge in [-0.3, -0.25) is 4.57 Å². The van der Waals surface area contributed by atoms with Gasteiger partial charge in [0.2, 0.25) is 10.0 Å². The predicted octanol–water partition coefficient (Wildman–Crippen LogP) is 2.28. The zero-order valence-corrected chi connectivity index (χ0v) is 16.5. The van der Waals surface area contributed by atoms with Gasteiger partial charge in [0, 0.05) is 37.0 Å². The fraction of sp³-hybridized carbons (Fsp3) is 0.211. The zero-order valence-electron chi connectivity index (χ0n) is 15.7. The molecule has 8 nitrogen and oxygen atoms in total. The van der Waals surface area contributed by atoms with Crippen LogP contribution in [0.3, 0.4) is 0 Å². The van der Waals surface area contributed by atoms with Gasteiger partial charge in [0.25, 0.3) is 0 Å². The Labute approximate surface area is 164 Å². The van der Waals surface area contributed by atoms with E-state index in [9.17, 15) is 8.42 Å². The SMILES string of the molecule is Cc1ccc(/C=C/S(=O)(=O)NCCNc2cc(-n3ccnc3C)ncn2)cc1. The molecule has 2 heterocycles. The number of aryl methyl sites for hydroxylation is 2. The van der Waals surface area contributed by atoms with Crippen LogP contribution in [-0.2, 0) is 10.0 Å². The molecule has 3 rings (SSSR count). The molecule has 2 aromatic heterocycles. The molecule has 0 radical (unpaired) electrons. The third kappa shape index (κ3) is 5.48. The number of imidazole rings is 1. The normalized spacial score (nSPS) is 11.8. The molecule has 1 aromatic carbocycles. The Hall–Kier alpha value is -3.04. The lowest BCUT2D eigenvalue weighted by atomic mass is 10.2. The van der Waals surface area contributed by atoms with E-state index in [0.717, 1.165) is 17.0 Å². The molecule has 0 amide bonds. The Morgan fingerprint density at radius 1 is 1.07 bits per heavy atom. The highest BCUT2D eigenvalue weighted by Gasteiger charge is 2.06. The predicted molar refractivity (Wildman–Crippen MR) is 110 cm³/mol. The summed E-state index contributed by atoms with van der Waals surface area (Å²) >= 11 is 0. The molecule has 0 aliphatic rings. The summed E-state index contributed by atoms with van der Waals surface area (Å²) in [6, 6.07) is 9.39. The van der Waals surface area contributed by atoms with Crippen molar-refractivity contribution in [3.05, 3.63) is 71.4 Å². The second-order valence-electron chi connectivity index (χ2n) is 6.19. The molecular formula is C19H22N6O2S. The minimum atomic E-state index is -3.51. The molecule has 0 fully saturated rings. The highest BCUT2D eigenvalue weighted by atomic mass is 32.2. The molecule has 0 saturated heterocycles. The van der Waals surface area contributed by atoms with Crippen LogP contribution in [-0.4, -0.2) is 41.0 Å². The van der Waals surface area contributed by atoms with E-state index < -0.39 is 10.0 Å². The van der Waals surface area contributed by atoms with Gasteiger partial charge in [-0.15, -0.1) is 0 Å². The molecule has 146 valence electrons. The standard InChI is InChI=1S/C19H22N6O2S/c1-15-3-5-17(6-4-15)7-12-28(26,27)24-9-8-21-18-13-19(23-14-22-18)25-11-10-20-16(25)2/h3-7,10-14,24H,8-9H2,1-2H3,(H,21,22,23)/b12-7+. The van der Waals surface area contributed by atoms with E-state index in [0.29, 0.717) is 18.2 Å². The zero-order chi connectivity index (χ0) is 20.0. The Balaban J connectivity index is 1.51. The first-order valence-corrected chi connectivity index (χ1v) is 10.3. The topological polar surface area (TPSA) is 102 Å². The van der Waals surface area contributed by atoms with Crippen molar-refractivity contribution in [1.29, 1.82) is 0 Å². The van der Waals surface area contributed by atoms with E-state index >= 15 is 0 Å². The van der Waals surface area contributed by atoms with Gasteiger partial charge in [0.15, 0.2) is 0 Å². The fourth-order valence-corrected chi connectivity index (χ4v) is 3.29. The number of anilines is 1. The van der Waals surface area contributed by atoms with Gasteiger partial charge < -0.3 is 5.32 Å². The Kier molecular flexibility index (Phi) is 6.17. The van der Waals surface area contributed by atoms with Gasteiger partial charge in [-0.05, 0) is 25.5 Å². The number of rotatable bonds is 8. The van der Waals surface area contributed by atoms with Gasteiger partial charge in [-0.25, -0.2) is 28.1 Å². The lowest BCUT2D eigenvalue weighted by Crippen LogP contribution is -2.27. The molecule has 0 aliphatic heterocycles. The largest absolute Gasteiger partial charge is 0.369 e. The van der Waals surface area contributed by atoms with E-state index in [1.54, 1.807) is 18.3 Å². The maximum atomic E-state index is 12.1. The second-order valence-corrected chi connectivity index (χ2v) is 7.84. The summed E-state index contributed by atoms with van der Waals surface area (Å²) in [5.74, 6) is 2.11. The van der Waals surface area contributed by atoms with Crippen LogP contribution in [0.25, 0.3) is 11.9 Å². The molecule has 0 saturated carbocycles. The maximum Gasteiger partial charge on any atom is 0.233 e. The average molecular weight is 398 g/mol. The number of hydrogen-bond acceptors (Lipinski definition) is 6. The van der Waals surface area contributed by atoms with Gasteiger partial charge in [-0.1, -0.05) is 29.8 Å². The van der Waals surface area contributed by atoms with E-state index in [-0.39, 0.29) is 6.54 Å². The third-order valence-electron chi connectivity index (χ3n) is 3.98. The summed E-state index contributed by atoms with van der Waals surface area (Å²) in [4.78, 5) is 12.5. The second kappa shape index (κ2) is 8.77. The average Bonchev–Trinajstić information content (AvgIpc) is 3.11. The molecule has 0 atom stereocenters. The van der Waals surface area contributed by atoms with Crippen molar-refractivity contribution in [3.8, 4) is 5.82 Å². The van der Waals surface area contributed by atoms with Gasteiger partial charge in [0.05, 0.1) is 0 Å². The Morgan fingerprint density at radius 3 is 2.57 bits per heavy atom. The monoisotopic (exact) mass is 398 g/mol. The smallest absolute Gasteiger partial charge is 0.233 e. The first-order chi connectivity index (χ1) is 13.4. The van der Waals surface area contributed by atoms with Crippen molar-refractivity contribution in [2.75, 3.05) is 18.4 Å². The summed E-state index contributed by atoms with van der Waals surface area (Å²) < 4.78 is 28.5. The maximum absolute atomic E-state index is 12.1. The van der Waals surface area contributed by atoms with E-state index in [2.05, 4.69) is 25.0 Å². The molecule has 9 heteroatoms. The van der Waals surface area contributed by atoms with Crippen molar-refractivity contribution in [2.45, 2.75) is 13.8 Å². The molecule has 0 aliphatic carbocycles. The molecule has 3 aromatic rings. The van der Waals surface area contributed by atoms with Crippen LogP contribution in [0.5, 0.6) is 0 Å². The summed E-state index contributed by atoms with van der Waals surface area (Å²) in [6.07, 6.45) is 6.53. The van der Waals surface area contributed by atoms with E-state index in [1.807, 2.05) is 48.9 Å². The van der Waals surface area contributed by atoms with Crippen LogP contribution in [0.4, 0.5) is 5.82 Å². The van der Waals surface area contributed by atoms with Crippen LogP contribution in [0.2, 0.25) is 0 Å². The molecule has 28 heavy (non-hydrogen) atoms. The number of nitrogens with zero attached hydrogens (tertiary/aromatic N) is 4. The molecule has 0 spiro atoms. The quantitative estimate of drug-likeness (QED) is 0.565. The van der Waals surface area contributed by atoms with Crippen LogP contribution in [0, 0.1) is 13.8 Å². The first kappa shape index (κ1) is 19.7. The van der Waals surface area contributed by atoms with E-state index in [4.69, 9.17) is 0 Å². The summed E-state index contributed by atoms with van der Waals surface area (Å²) in [5, 5.41) is 4.25. The molecule has 0 unspecified atom stereocenters. The lowest BCUT2D eigenvalue weighted by Gasteiger charge is -2.08. The lowest BCUT2D eigenvalue weighted by molar-refractivity contribution is 0.592. The van der Waals surface area contributed by atoms with Crippen molar-refractivity contribution in [1.82, 2.24) is 24.2 Å². The van der Waals surface area contributed by atoms with Crippen molar-refractivity contribution >= 4 is 21.9 Å². The summed E-state index contributed by atoms with van der Waals surface area (Å²) in [6.45, 7) is 4.48. The van der Waals surface area contributed by atoms with Crippen LogP contribution in [0.15, 0.2) is 54.5 Å². The highest BCUT2D eigenvalue weighted by molar-refractivity contribution is 7.92. The number of hydrogen-bond donors (Lipinski definition) is 2. The van der Waals surface area contributed by atoms with Crippen molar-refractivity contribution in [3.63, 3.8) is 0 Å². The van der Waals surface area contributed by atoms with E-state index in [1.165, 1.54) is 11.7 Å². The Bertz CT molecular complexity index is 1060. The van der Waals surface area contributed by atoms with Crippen LogP contribution < -0.4 is 10.0 Å². The van der Waals surface area contributed by atoms with Crippen molar-refractivity contribution < 1.29 is 8.42 Å².